The summed E-state index contributed by atoms with van der Waals surface area (Å²) in [6.07, 6.45) is 2.42. The van der Waals surface area contributed by atoms with Crippen LogP contribution in [0.15, 0.2) is 84.6 Å². The lowest BCUT2D eigenvalue weighted by atomic mass is 9.75. The highest BCUT2D eigenvalue weighted by Gasteiger charge is 2.38. The van der Waals surface area contributed by atoms with Gasteiger partial charge < -0.3 is 9.16 Å². The molecule has 0 saturated carbocycles. The lowest BCUT2D eigenvalue weighted by Crippen LogP contribution is -2.45. The van der Waals surface area contributed by atoms with E-state index in [0.717, 1.165) is 24.2 Å². The van der Waals surface area contributed by atoms with Crippen molar-refractivity contribution in [2.24, 2.45) is 5.92 Å². The second kappa shape index (κ2) is 9.26. The maximum atomic E-state index is 12.8. The molecule has 0 bridgehead atoms. The summed E-state index contributed by atoms with van der Waals surface area (Å²) in [7, 11) is -1.53. The molecule has 1 aliphatic heterocycles. The highest BCUT2D eigenvalue weighted by molar-refractivity contribution is 6.80. The summed E-state index contributed by atoms with van der Waals surface area (Å²) >= 11 is 0. The van der Waals surface area contributed by atoms with Crippen molar-refractivity contribution in [3.05, 3.63) is 101 Å². The number of ether oxygens (including phenoxy) is 1. The number of benzene rings is 3. The fourth-order valence-electron chi connectivity index (χ4n) is 5.17. The van der Waals surface area contributed by atoms with Gasteiger partial charge in [0, 0.05) is 12.0 Å². The second-order valence-corrected chi connectivity index (χ2v) is 12.1. The molecule has 4 heteroatoms. The van der Waals surface area contributed by atoms with Gasteiger partial charge in [0.15, 0.2) is 0 Å². The van der Waals surface area contributed by atoms with Gasteiger partial charge in [0.1, 0.15) is 0 Å². The number of rotatable bonds is 5. The van der Waals surface area contributed by atoms with Gasteiger partial charge in [-0.2, -0.15) is 0 Å². The standard InChI is InChI=1S/C30H31O3Si/c1-30(2,3)26-16-10-15-24-23(26)17-18-27(28(24)25-19-20-32-29(25)31)33-34(21-11-6-4-7-12-21)22-13-8-5-9-14-22/h4-16,25H,17-20H2,1-3H3. The summed E-state index contributed by atoms with van der Waals surface area (Å²) in [5.74, 6) is 0.571. The summed E-state index contributed by atoms with van der Waals surface area (Å²) in [5.41, 5.74) is 4.95. The number of carbonyl (C=O) groups is 1. The third-order valence-electron chi connectivity index (χ3n) is 6.76. The van der Waals surface area contributed by atoms with E-state index < -0.39 is 9.04 Å². The molecule has 34 heavy (non-hydrogen) atoms. The Balaban J connectivity index is 1.66. The van der Waals surface area contributed by atoms with E-state index in [1.807, 2.05) is 12.1 Å². The largest absolute Gasteiger partial charge is 0.536 e. The first-order valence-corrected chi connectivity index (χ1v) is 13.5. The zero-order valence-corrected chi connectivity index (χ0v) is 21.1. The van der Waals surface area contributed by atoms with E-state index in [9.17, 15) is 4.79 Å². The highest BCUT2D eigenvalue weighted by Crippen LogP contribution is 2.43. The molecule has 0 amide bonds. The number of carbonyl (C=O) groups excluding carboxylic acids is 1. The van der Waals surface area contributed by atoms with Crippen LogP contribution in [-0.4, -0.2) is 21.6 Å². The fourth-order valence-corrected chi connectivity index (χ4v) is 7.19. The fraction of sp³-hybridized carbons (Fsp3) is 0.300. The molecule has 2 aliphatic rings. The van der Waals surface area contributed by atoms with Gasteiger partial charge in [-0.05, 0) is 45.3 Å². The minimum atomic E-state index is -1.53. The number of hydrogen-bond acceptors (Lipinski definition) is 3. The molecule has 1 fully saturated rings. The molecule has 173 valence electrons. The van der Waals surface area contributed by atoms with Crippen molar-refractivity contribution >= 4 is 31.0 Å². The van der Waals surface area contributed by atoms with Crippen molar-refractivity contribution < 1.29 is 14.0 Å². The van der Waals surface area contributed by atoms with Crippen LogP contribution in [0.3, 0.4) is 0 Å². The Morgan fingerprint density at radius 3 is 2.06 bits per heavy atom. The van der Waals surface area contributed by atoms with Gasteiger partial charge in [0.2, 0.25) is 0 Å². The van der Waals surface area contributed by atoms with Crippen LogP contribution in [-0.2, 0) is 25.8 Å². The number of fused-ring (bicyclic) bond motifs is 1. The summed E-state index contributed by atoms with van der Waals surface area (Å²) < 4.78 is 12.4. The normalized spacial score (nSPS) is 18.1. The predicted molar refractivity (Wildman–Crippen MR) is 138 cm³/mol. The smallest absolute Gasteiger partial charge is 0.352 e. The molecule has 0 spiro atoms. The maximum Gasteiger partial charge on any atom is 0.352 e. The Morgan fingerprint density at radius 1 is 0.853 bits per heavy atom. The molecule has 3 aromatic rings. The van der Waals surface area contributed by atoms with Crippen molar-refractivity contribution in [3.63, 3.8) is 0 Å². The van der Waals surface area contributed by atoms with Crippen LogP contribution in [0.4, 0.5) is 0 Å². The zero-order chi connectivity index (χ0) is 23.7. The number of esters is 1. The highest BCUT2D eigenvalue weighted by atomic mass is 28.3. The maximum absolute atomic E-state index is 12.8. The van der Waals surface area contributed by atoms with Crippen LogP contribution >= 0.6 is 0 Å². The van der Waals surface area contributed by atoms with Crippen LogP contribution in [0.25, 0.3) is 5.57 Å². The van der Waals surface area contributed by atoms with Crippen molar-refractivity contribution in [1.82, 2.24) is 0 Å². The number of allylic oxidation sites excluding steroid dienone is 1. The predicted octanol–water partition coefficient (Wildman–Crippen LogP) is 5.03. The monoisotopic (exact) mass is 467 g/mol. The van der Waals surface area contributed by atoms with Crippen LogP contribution in [0.1, 0.15) is 50.3 Å². The van der Waals surface area contributed by atoms with Crippen molar-refractivity contribution in [2.75, 3.05) is 6.61 Å². The Labute approximate surface area is 204 Å². The Bertz CT molecular complexity index is 1170. The molecule has 0 aromatic heterocycles. The third kappa shape index (κ3) is 4.35. The third-order valence-corrected chi connectivity index (χ3v) is 8.92. The van der Waals surface area contributed by atoms with Crippen LogP contribution < -0.4 is 10.4 Å². The van der Waals surface area contributed by atoms with Gasteiger partial charge in [0.25, 0.3) is 0 Å². The molecule has 5 rings (SSSR count). The SMILES string of the molecule is CC(C)(C)c1cccc2c1CCC(O[Si](c1ccccc1)c1ccccc1)=C2C1CCOC1=O. The average Bonchev–Trinajstić information content (AvgIpc) is 3.27. The minimum absolute atomic E-state index is 0.0357. The topological polar surface area (TPSA) is 35.5 Å². The lowest BCUT2D eigenvalue weighted by Gasteiger charge is -2.32. The first-order valence-electron chi connectivity index (χ1n) is 12.1. The van der Waals surface area contributed by atoms with E-state index in [-0.39, 0.29) is 17.3 Å². The number of cyclic esters (lactones) is 1. The summed E-state index contributed by atoms with van der Waals surface area (Å²) in [4.78, 5) is 12.8. The molecular weight excluding hydrogens is 436 g/mol. The van der Waals surface area contributed by atoms with E-state index >= 15 is 0 Å². The second-order valence-electron chi connectivity index (χ2n) is 10.1. The number of hydrogen-bond donors (Lipinski definition) is 0. The van der Waals surface area contributed by atoms with Gasteiger partial charge in [-0.3, -0.25) is 4.79 Å². The van der Waals surface area contributed by atoms with Crippen LogP contribution in [0.5, 0.6) is 0 Å². The minimum Gasteiger partial charge on any atom is -0.536 e. The first-order chi connectivity index (χ1) is 16.4. The molecular formula is C30H31O3Si. The molecule has 1 saturated heterocycles. The van der Waals surface area contributed by atoms with Gasteiger partial charge in [0.05, 0.1) is 18.3 Å². The van der Waals surface area contributed by atoms with E-state index in [4.69, 9.17) is 9.16 Å². The Morgan fingerprint density at radius 2 is 1.50 bits per heavy atom. The summed E-state index contributed by atoms with van der Waals surface area (Å²) in [6.45, 7) is 7.25. The Hall–Kier alpha value is -3.11. The van der Waals surface area contributed by atoms with E-state index in [2.05, 4.69) is 87.5 Å². The molecule has 1 atom stereocenters. The first kappa shape index (κ1) is 22.7. The van der Waals surface area contributed by atoms with E-state index in [0.29, 0.717) is 13.0 Å². The average molecular weight is 468 g/mol. The summed E-state index contributed by atoms with van der Waals surface area (Å²) in [6, 6.07) is 27.5. The molecule has 0 N–H and O–H groups in total. The Kier molecular flexibility index (Phi) is 6.18. The van der Waals surface area contributed by atoms with Gasteiger partial charge in [-0.15, -0.1) is 0 Å². The molecule has 1 unspecified atom stereocenters. The van der Waals surface area contributed by atoms with Crippen molar-refractivity contribution in [3.8, 4) is 0 Å². The van der Waals surface area contributed by atoms with Crippen molar-refractivity contribution in [1.29, 1.82) is 0 Å². The quantitative estimate of drug-likeness (QED) is 0.390. The lowest BCUT2D eigenvalue weighted by molar-refractivity contribution is -0.139. The van der Waals surface area contributed by atoms with Crippen LogP contribution in [0.2, 0.25) is 0 Å². The molecule has 1 radical (unpaired) electrons. The van der Waals surface area contributed by atoms with Gasteiger partial charge in [-0.25, -0.2) is 0 Å². The van der Waals surface area contributed by atoms with E-state index in [1.54, 1.807) is 0 Å². The molecule has 3 nitrogen and oxygen atoms in total. The molecule has 1 aliphatic carbocycles. The van der Waals surface area contributed by atoms with Crippen LogP contribution in [0, 0.1) is 5.92 Å². The molecule has 1 heterocycles. The zero-order valence-electron chi connectivity index (χ0n) is 20.1. The van der Waals surface area contributed by atoms with Crippen molar-refractivity contribution in [2.45, 2.75) is 45.4 Å². The summed E-state index contributed by atoms with van der Waals surface area (Å²) in [5, 5.41) is 2.41. The van der Waals surface area contributed by atoms with E-state index in [1.165, 1.54) is 27.1 Å². The van der Waals surface area contributed by atoms with Gasteiger partial charge in [-0.1, -0.05) is 99.6 Å². The molecule has 3 aromatic carbocycles. The van der Waals surface area contributed by atoms with Gasteiger partial charge >= 0.3 is 15.0 Å².